The standard InChI is InChI=1S/C26H40NO5P/c1-3-32-33(31,17-11-10-14-22-12-6-4-7-13-22)20-25(28)27(26(29)30)19-24(18-21(27)2)23-15-8-5-9-16-23/h4,6-7,12-13,21,23-24H,3,5,8-11,14-20H2,1-2H3/p+1/t21-,24-,27-,33?/m1/s1. The maximum Gasteiger partial charge on any atom is 0.521 e. The summed E-state index contributed by atoms with van der Waals surface area (Å²) in [5.41, 5.74) is 1.23. The summed E-state index contributed by atoms with van der Waals surface area (Å²) in [7, 11) is -3.24. The molecule has 33 heavy (non-hydrogen) atoms. The van der Waals surface area contributed by atoms with Crippen LogP contribution in [0.3, 0.4) is 0 Å². The van der Waals surface area contributed by atoms with Crippen molar-refractivity contribution in [2.45, 2.75) is 77.7 Å². The molecule has 1 unspecified atom stereocenters. The van der Waals surface area contributed by atoms with Crippen molar-refractivity contribution in [1.29, 1.82) is 0 Å². The Balaban J connectivity index is 1.65. The molecule has 7 heteroatoms. The number of carbonyl (C=O) groups is 2. The van der Waals surface area contributed by atoms with E-state index in [-0.39, 0.29) is 24.7 Å². The maximum atomic E-state index is 13.6. The van der Waals surface area contributed by atoms with E-state index < -0.39 is 23.9 Å². The molecule has 184 valence electrons. The number of unbranched alkanes of at least 4 members (excludes halogenated alkanes) is 1. The van der Waals surface area contributed by atoms with Crippen molar-refractivity contribution in [3.8, 4) is 0 Å². The maximum absolute atomic E-state index is 13.6. The van der Waals surface area contributed by atoms with Crippen LogP contribution in [-0.4, -0.2) is 53.1 Å². The van der Waals surface area contributed by atoms with Gasteiger partial charge in [0.05, 0.1) is 13.2 Å². The minimum Gasteiger partial charge on any atom is -0.435 e. The van der Waals surface area contributed by atoms with Crippen LogP contribution in [-0.2, 0) is 20.3 Å². The lowest BCUT2D eigenvalue weighted by Gasteiger charge is -2.32. The molecule has 2 amide bonds. The molecule has 3 rings (SSSR count). The van der Waals surface area contributed by atoms with Gasteiger partial charge in [-0.3, -0.25) is 4.57 Å². The summed E-state index contributed by atoms with van der Waals surface area (Å²) in [5, 5.41) is 10.2. The summed E-state index contributed by atoms with van der Waals surface area (Å²) in [5.74, 6) is 0.316. The average molecular weight is 479 g/mol. The molecule has 0 radical (unpaired) electrons. The number of quaternary nitrogens is 1. The van der Waals surface area contributed by atoms with Gasteiger partial charge in [0.1, 0.15) is 12.2 Å². The Labute approximate surface area is 198 Å². The van der Waals surface area contributed by atoms with Gasteiger partial charge in [-0.2, -0.15) is 9.28 Å². The van der Waals surface area contributed by atoms with Gasteiger partial charge in [0.25, 0.3) is 0 Å². The molecule has 0 aromatic heterocycles. The van der Waals surface area contributed by atoms with E-state index in [1.165, 1.54) is 24.8 Å². The zero-order valence-corrected chi connectivity index (χ0v) is 21.2. The summed E-state index contributed by atoms with van der Waals surface area (Å²) in [4.78, 5) is 26.0. The molecule has 1 aromatic carbocycles. The van der Waals surface area contributed by atoms with Gasteiger partial charge in [0, 0.05) is 18.5 Å². The highest BCUT2D eigenvalue weighted by atomic mass is 31.2. The minimum absolute atomic E-state index is 0.248. The van der Waals surface area contributed by atoms with E-state index in [1.807, 2.05) is 25.1 Å². The fourth-order valence-electron chi connectivity index (χ4n) is 5.99. The lowest BCUT2D eigenvalue weighted by atomic mass is 9.79. The highest BCUT2D eigenvalue weighted by Gasteiger charge is 2.58. The van der Waals surface area contributed by atoms with Crippen LogP contribution in [0.15, 0.2) is 30.3 Å². The Morgan fingerprint density at radius 1 is 1.09 bits per heavy atom. The Morgan fingerprint density at radius 2 is 1.79 bits per heavy atom. The van der Waals surface area contributed by atoms with Crippen LogP contribution in [0.1, 0.15) is 70.8 Å². The fraction of sp³-hybridized carbons (Fsp3) is 0.692. The zero-order chi connectivity index (χ0) is 23.9. The number of carboxylic acid groups (broad SMARTS) is 1. The van der Waals surface area contributed by atoms with Crippen LogP contribution >= 0.6 is 7.37 Å². The van der Waals surface area contributed by atoms with E-state index in [9.17, 15) is 19.3 Å². The highest BCUT2D eigenvalue weighted by molar-refractivity contribution is 7.59. The second-order valence-corrected chi connectivity index (χ2v) is 12.7. The molecule has 0 bridgehead atoms. The third-order valence-electron chi connectivity index (χ3n) is 7.82. The van der Waals surface area contributed by atoms with Gasteiger partial charge < -0.3 is 9.63 Å². The monoisotopic (exact) mass is 478 g/mol. The van der Waals surface area contributed by atoms with Crippen LogP contribution in [0.2, 0.25) is 0 Å². The van der Waals surface area contributed by atoms with Gasteiger partial charge in [-0.05, 0) is 57.4 Å². The SMILES string of the molecule is CCOP(=O)(CCCCc1ccccc1)CC(=O)[N@@+]1(C(=O)O)C[C@H](C2CCCCC2)C[C@H]1C. The molecule has 1 saturated heterocycles. The van der Waals surface area contributed by atoms with Crippen molar-refractivity contribution in [1.82, 2.24) is 0 Å². The second kappa shape index (κ2) is 11.8. The van der Waals surface area contributed by atoms with Crippen molar-refractivity contribution in [2.75, 3.05) is 25.5 Å². The third-order valence-corrected chi connectivity index (χ3v) is 10.3. The number of hydrogen-bond acceptors (Lipinski definition) is 4. The first-order valence-electron chi connectivity index (χ1n) is 12.7. The summed E-state index contributed by atoms with van der Waals surface area (Å²) < 4.78 is 18.7. The van der Waals surface area contributed by atoms with Crippen molar-refractivity contribution in [2.24, 2.45) is 11.8 Å². The molecule has 1 aromatic rings. The molecule has 1 saturated carbocycles. The number of hydrogen-bond donors (Lipinski definition) is 1. The molecule has 6 nitrogen and oxygen atoms in total. The minimum atomic E-state index is -3.24. The van der Waals surface area contributed by atoms with Crippen LogP contribution in [0, 0.1) is 11.8 Å². The van der Waals surface area contributed by atoms with E-state index in [0.29, 0.717) is 25.0 Å². The number of rotatable bonds is 10. The van der Waals surface area contributed by atoms with Crippen molar-refractivity contribution >= 4 is 19.4 Å². The lowest BCUT2D eigenvalue weighted by molar-refractivity contribution is -0.793. The van der Waals surface area contributed by atoms with Gasteiger partial charge in [-0.25, -0.2) is 4.79 Å². The number of amides is 2. The van der Waals surface area contributed by atoms with Crippen molar-refractivity contribution < 1.29 is 28.3 Å². The van der Waals surface area contributed by atoms with Gasteiger partial charge in [-0.1, -0.05) is 49.6 Å². The number of likely N-dealkylation sites (tertiary alicyclic amines) is 1. The Kier molecular flexibility index (Phi) is 9.32. The van der Waals surface area contributed by atoms with Crippen LogP contribution < -0.4 is 0 Å². The summed E-state index contributed by atoms with van der Waals surface area (Å²) in [6.07, 6.45) is 8.01. The summed E-state index contributed by atoms with van der Waals surface area (Å²) >= 11 is 0. The molecular formula is C26H41NO5P+. The molecule has 4 atom stereocenters. The Hall–Kier alpha value is -1.49. The average Bonchev–Trinajstić information content (AvgIpc) is 3.17. The van der Waals surface area contributed by atoms with E-state index in [4.69, 9.17) is 4.52 Å². The first-order chi connectivity index (χ1) is 15.8. The molecule has 2 aliphatic rings. The molecule has 1 heterocycles. The molecular weight excluding hydrogens is 437 g/mol. The van der Waals surface area contributed by atoms with Crippen molar-refractivity contribution in [3.63, 3.8) is 0 Å². The predicted molar refractivity (Wildman–Crippen MR) is 131 cm³/mol. The first-order valence-corrected chi connectivity index (χ1v) is 14.7. The highest BCUT2D eigenvalue weighted by Crippen LogP contribution is 2.50. The van der Waals surface area contributed by atoms with Crippen LogP contribution in [0.4, 0.5) is 4.79 Å². The number of imide groups is 1. The molecule has 1 aliphatic heterocycles. The summed E-state index contributed by atoms with van der Waals surface area (Å²) in [6.45, 7) is 4.25. The fourth-order valence-corrected chi connectivity index (χ4v) is 8.21. The van der Waals surface area contributed by atoms with Crippen LogP contribution in [0.5, 0.6) is 0 Å². The van der Waals surface area contributed by atoms with E-state index in [2.05, 4.69) is 12.1 Å². The van der Waals surface area contributed by atoms with Crippen LogP contribution in [0.25, 0.3) is 0 Å². The molecule has 0 spiro atoms. The first kappa shape index (κ1) is 26.1. The topological polar surface area (TPSA) is 80.7 Å². The van der Waals surface area contributed by atoms with E-state index in [0.717, 1.165) is 32.1 Å². The molecule has 2 fully saturated rings. The van der Waals surface area contributed by atoms with Gasteiger partial charge in [0.2, 0.25) is 7.37 Å². The van der Waals surface area contributed by atoms with Gasteiger partial charge in [-0.15, -0.1) is 0 Å². The summed E-state index contributed by atoms with van der Waals surface area (Å²) in [6, 6.07) is 9.85. The smallest absolute Gasteiger partial charge is 0.435 e. The Bertz CT molecular complexity index is 838. The number of carbonyl (C=O) groups excluding carboxylic acids is 1. The van der Waals surface area contributed by atoms with Gasteiger partial charge in [0.15, 0.2) is 0 Å². The quantitative estimate of drug-likeness (QED) is 0.241. The predicted octanol–water partition coefficient (Wildman–Crippen LogP) is 6.33. The largest absolute Gasteiger partial charge is 0.521 e. The number of aryl methyl sites for hydroxylation is 1. The molecule has 1 aliphatic carbocycles. The lowest BCUT2D eigenvalue weighted by Crippen LogP contribution is -2.60. The van der Waals surface area contributed by atoms with E-state index in [1.54, 1.807) is 6.92 Å². The normalized spacial score (nSPS) is 27.8. The molecule has 1 N–H and O–H groups in total. The van der Waals surface area contributed by atoms with Gasteiger partial charge >= 0.3 is 12.0 Å². The van der Waals surface area contributed by atoms with Crippen molar-refractivity contribution in [3.05, 3.63) is 35.9 Å². The Morgan fingerprint density at radius 3 is 2.42 bits per heavy atom. The second-order valence-electron chi connectivity index (χ2n) is 10.0. The number of nitrogens with zero attached hydrogens (tertiary/aromatic N) is 1. The third kappa shape index (κ3) is 6.35. The van der Waals surface area contributed by atoms with E-state index >= 15 is 0 Å². The number of benzene rings is 1. The zero-order valence-electron chi connectivity index (χ0n) is 20.3.